The monoisotopic (exact) mass is 340 g/mol. The fourth-order valence-corrected chi connectivity index (χ4v) is 3.40. The van der Waals surface area contributed by atoms with E-state index in [1.807, 2.05) is 0 Å². The van der Waals surface area contributed by atoms with Gasteiger partial charge in [-0.05, 0) is 20.3 Å². The van der Waals surface area contributed by atoms with Crippen molar-refractivity contribution in [2.75, 3.05) is 6.67 Å². The van der Waals surface area contributed by atoms with Crippen molar-refractivity contribution in [3.63, 3.8) is 0 Å². The molecular weight excluding hydrogens is 317 g/mol. The van der Waals surface area contributed by atoms with Crippen LogP contribution < -0.4 is 0 Å². The molecule has 0 spiro atoms. The van der Waals surface area contributed by atoms with Crippen molar-refractivity contribution < 1.29 is 38.4 Å². The second-order valence-electron chi connectivity index (χ2n) is 6.09. The maximum atomic E-state index is 13.4. The van der Waals surface area contributed by atoms with Gasteiger partial charge in [-0.3, -0.25) is 9.09 Å². The van der Waals surface area contributed by atoms with Gasteiger partial charge in [0, 0.05) is 12.4 Å². The average molecular weight is 340 g/mol. The number of alkyl halides is 1. The van der Waals surface area contributed by atoms with Crippen molar-refractivity contribution in [1.82, 2.24) is 0 Å². The van der Waals surface area contributed by atoms with E-state index in [1.54, 1.807) is 0 Å². The summed E-state index contributed by atoms with van der Waals surface area (Å²) in [5.74, 6) is 0. The fourth-order valence-electron chi connectivity index (χ4n) is 2.08. The molecule has 1 rings (SSSR count). The van der Waals surface area contributed by atoms with E-state index in [0.717, 1.165) is 6.92 Å². The molecule has 7 atom stereocenters. The van der Waals surface area contributed by atoms with Gasteiger partial charge in [0.1, 0.15) is 26.2 Å². The van der Waals surface area contributed by atoms with Crippen molar-refractivity contribution in [2.24, 2.45) is 0 Å². The zero-order chi connectivity index (χ0) is 17.3. The smallest absolute Gasteiger partial charge is 0.359 e. The lowest BCUT2D eigenvalue weighted by atomic mass is 9.91. The van der Waals surface area contributed by atoms with Gasteiger partial charge in [0.15, 0.2) is 5.34 Å². The fraction of sp³-hybridized carbons (Fsp3) is 1.00. The molecule has 4 N–H and O–H groups in total. The van der Waals surface area contributed by atoms with E-state index >= 15 is 0 Å². The van der Waals surface area contributed by atoms with Gasteiger partial charge in [-0.25, -0.2) is 4.39 Å². The number of halogens is 1. The van der Waals surface area contributed by atoms with Crippen molar-refractivity contribution >= 4 is 15.4 Å². The molecule has 128 valence electrons. The summed E-state index contributed by atoms with van der Waals surface area (Å²) in [5.41, 5.74) is -1.79. The molecule has 1 fully saturated rings. The highest BCUT2D eigenvalue weighted by Crippen LogP contribution is 2.58. The molecule has 0 aromatic heterocycles. The number of ether oxygens (including phenoxy) is 1. The summed E-state index contributed by atoms with van der Waals surface area (Å²) in [6, 6.07) is -1.14. The van der Waals surface area contributed by atoms with E-state index in [9.17, 15) is 29.2 Å². The molecular formula is C12H23BFO7P. The minimum Gasteiger partial charge on any atom is -0.388 e. The molecule has 1 aliphatic heterocycles. The summed E-state index contributed by atoms with van der Waals surface area (Å²) in [5, 5.41) is 27.2. The topological polar surface area (TPSA) is 116 Å². The highest BCUT2D eigenvalue weighted by Gasteiger charge is 2.50. The van der Waals surface area contributed by atoms with Crippen molar-refractivity contribution in [1.29, 1.82) is 0 Å². The highest BCUT2D eigenvalue weighted by molar-refractivity contribution is 7.54. The van der Waals surface area contributed by atoms with Crippen LogP contribution in [0.3, 0.4) is 0 Å². The Morgan fingerprint density at radius 1 is 1.36 bits per heavy atom. The van der Waals surface area contributed by atoms with Crippen LogP contribution in [-0.2, 0) is 13.8 Å². The first kappa shape index (κ1) is 20.0. The normalized spacial score (nSPS) is 37.3. The van der Waals surface area contributed by atoms with Gasteiger partial charge in [-0.1, -0.05) is 6.92 Å². The summed E-state index contributed by atoms with van der Waals surface area (Å²) in [6.45, 7) is 2.66. The first-order chi connectivity index (χ1) is 9.89. The first-order valence-electron chi connectivity index (χ1n) is 6.98. The molecule has 0 amide bonds. The van der Waals surface area contributed by atoms with Crippen molar-refractivity contribution in [2.45, 2.75) is 68.9 Å². The zero-order valence-electron chi connectivity index (χ0n) is 12.8. The summed E-state index contributed by atoms with van der Waals surface area (Å²) in [7, 11) is 0.871. The predicted molar refractivity (Wildman–Crippen MR) is 77.3 cm³/mol. The van der Waals surface area contributed by atoms with E-state index in [2.05, 4.69) is 0 Å². The van der Waals surface area contributed by atoms with Crippen LogP contribution in [-0.4, -0.2) is 70.0 Å². The third kappa shape index (κ3) is 4.09. The standard InChI is InChI=1S/C12H23BFO7P/c1-4-12(3,17)22(18,19)21-11(2,6-14)5-7-8(15)9(16)10(13)20-7/h7-10,15-17H,4-6H2,1-3H3,(H,18,19)/t7-,8?,9+,10-,11?,12?/m1/s1. The largest absolute Gasteiger partial charge is 0.388 e. The molecule has 22 heavy (non-hydrogen) atoms. The van der Waals surface area contributed by atoms with Crippen LogP contribution in [0.5, 0.6) is 0 Å². The second kappa shape index (κ2) is 6.85. The molecule has 1 aliphatic rings. The van der Waals surface area contributed by atoms with E-state index in [1.165, 1.54) is 13.8 Å². The number of hydrogen-bond acceptors (Lipinski definition) is 6. The Bertz CT molecular complexity index is 438. The highest BCUT2D eigenvalue weighted by atomic mass is 31.2. The third-order valence-corrected chi connectivity index (χ3v) is 6.16. The van der Waals surface area contributed by atoms with Gasteiger partial charge < -0.3 is 24.9 Å². The summed E-state index contributed by atoms with van der Waals surface area (Å²) in [4.78, 5) is 9.89. The molecule has 0 saturated carbocycles. The van der Waals surface area contributed by atoms with Crippen LogP contribution in [0.25, 0.3) is 0 Å². The maximum absolute atomic E-state index is 13.4. The van der Waals surface area contributed by atoms with Crippen LogP contribution in [0, 0.1) is 0 Å². The van der Waals surface area contributed by atoms with Crippen LogP contribution in [0.4, 0.5) is 4.39 Å². The third-order valence-electron chi connectivity index (χ3n) is 3.94. The van der Waals surface area contributed by atoms with Gasteiger partial charge in [0.25, 0.3) is 0 Å². The van der Waals surface area contributed by atoms with Crippen LogP contribution in [0.15, 0.2) is 0 Å². The van der Waals surface area contributed by atoms with Gasteiger partial charge >= 0.3 is 7.60 Å². The lowest BCUT2D eigenvalue weighted by molar-refractivity contribution is -0.0515. The van der Waals surface area contributed by atoms with E-state index < -0.39 is 49.5 Å². The first-order valence-corrected chi connectivity index (χ1v) is 8.56. The summed E-state index contributed by atoms with van der Waals surface area (Å²) >= 11 is 0. The Hall–Kier alpha value is -0.0151. The number of hydrogen-bond donors (Lipinski definition) is 4. The SMILES string of the molecule is [B][C@@H]1O[C@H](CC(C)(CF)OP(=O)(O)C(C)(O)CC)C(O)[C@@H]1O. The van der Waals surface area contributed by atoms with Crippen LogP contribution in [0.1, 0.15) is 33.6 Å². The van der Waals surface area contributed by atoms with Gasteiger partial charge in [-0.2, -0.15) is 0 Å². The Kier molecular flexibility index (Phi) is 6.23. The molecule has 4 unspecified atom stereocenters. The molecule has 0 aromatic carbocycles. The Balaban J connectivity index is 2.87. The minimum atomic E-state index is -4.56. The molecule has 1 heterocycles. The van der Waals surface area contributed by atoms with Crippen LogP contribution in [0.2, 0.25) is 0 Å². The lowest BCUT2D eigenvalue weighted by Gasteiger charge is -2.36. The molecule has 0 bridgehead atoms. The number of rotatable bonds is 7. The van der Waals surface area contributed by atoms with E-state index in [4.69, 9.17) is 17.1 Å². The molecule has 0 aromatic rings. The number of aliphatic hydroxyl groups excluding tert-OH is 2. The zero-order valence-corrected chi connectivity index (χ0v) is 13.7. The van der Waals surface area contributed by atoms with Gasteiger partial charge in [0.05, 0.1) is 12.2 Å². The Labute approximate surface area is 130 Å². The van der Waals surface area contributed by atoms with E-state index in [-0.39, 0.29) is 12.8 Å². The Morgan fingerprint density at radius 2 is 1.91 bits per heavy atom. The predicted octanol–water partition coefficient (Wildman–Crippen LogP) is 0.0404. The number of aliphatic hydroxyl groups is 3. The average Bonchev–Trinajstić information content (AvgIpc) is 2.65. The second-order valence-corrected chi connectivity index (χ2v) is 8.28. The molecule has 2 radical (unpaired) electrons. The van der Waals surface area contributed by atoms with E-state index in [0.29, 0.717) is 0 Å². The lowest BCUT2D eigenvalue weighted by Crippen LogP contribution is -2.41. The molecule has 0 aliphatic carbocycles. The van der Waals surface area contributed by atoms with Gasteiger partial charge in [-0.15, -0.1) is 0 Å². The van der Waals surface area contributed by atoms with Crippen molar-refractivity contribution in [3.05, 3.63) is 0 Å². The Morgan fingerprint density at radius 3 is 2.27 bits per heavy atom. The molecule has 1 saturated heterocycles. The van der Waals surface area contributed by atoms with Crippen LogP contribution >= 0.6 is 7.60 Å². The minimum absolute atomic E-state index is 0.0741. The molecule has 10 heteroatoms. The summed E-state index contributed by atoms with van der Waals surface area (Å²) < 4.78 is 35.6. The van der Waals surface area contributed by atoms with Crippen molar-refractivity contribution in [3.8, 4) is 0 Å². The summed E-state index contributed by atoms with van der Waals surface area (Å²) in [6.07, 6.45) is -4.16. The quantitative estimate of drug-likeness (QED) is 0.382. The van der Waals surface area contributed by atoms with Gasteiger partial charge in [0.2, 0.25) is 0 Å². The molecule has 7 nitrogen and oxygen atoms in total. The maximum Gasteiger partial charge on any atom is 0.359 e.